The minimum Gasteiger partial charge on any atom is -0.480 e. The molecule has 2 aliphatic rings. The van der Waals surface area contributed by atoms with Gasteiger partial charge in [0.1, 0.15) is 6.54 Å². The molecule has 6 nitrogen and oxygen atoms in total. The third kappa shape index (κ3) is 4.33. The summed E-state index contributed by atoms with van der Waals surface area (Å²) in [6.45, 7) is 2.93. The third-order valence-corrected chi connectivity index (χ3v) is 4.87. The summed E-state index contributed by atoms with van der Waals surface area (Å²) < 4.78 is 0. The predicted octanol–water partition coefficient (Wildman–Crippen LogP) is 1.51. The van der Waals surface area contributed by atoms with E-state index in [4.69, 9.17) is 5.11 Å². The molecule has 2 N–H and O–H groups in total. The Morgan fingerprint density at radius 2 is 1.95 bits per heavy atom. The molecule has 2 unspecified atom stereocenters. The second kappa shape index (κ2) is 7.11. The summed E-state index contributed by atoms with van der Waals surface area (Å²) in [5.41, 5.74) is 0. The van der Waals surface area contributed by atoms with Crippen LogP contribution in [0.15, 0.2) is 0 Å². The number of piperidine rings is 1. The van der Waals surface area contributed by atoms with Gasteiger partial charge >= 0.3 is 12.0 Å². The summed E-state index contributed by atoms with van der Waals surface area (Å²) >= 11 is 0. The molecule has 0 aromatic rings. The SMILES string of the molecule is CC1CC(NC(=O)N(CC(=O)O)C2CCCC2)CCN1C. The lowest BCUT2D eigenvalue weighted by Gasteiger charge is -2.37. The quantitative estimate of drug-likeness (QED) is 0.825. The smallest absolute Gasteiger partial charge is 0.323 e. The van der Waals surface area contributed by atoms with Gasteiger partial charge in [0.05, 0.1) is 0 Å². The highest BCUT2D eigenvalue weighted by atomic mass is 16.4. The zero-order valence-corrected chi connectivity index (χ0v) is 13.0. The van der Waals surface area contributed by atoms with Crippen molar-refractivity contribution in [2.75, 3.05) is 20.1 Å². The molecule has 2 atom stereocenters. The van der Waals surface area contributed by atoms with Gasteiger partial charge < -0.3 is 20.2 Å². The number of hydrogen-bond acceptors (Lipinski definition) is 3. The van der Waals surface area contributed by atoms with Crippen LogP contribution in [0.25, 0.3) is 0 Å². The topological polar surface area (TPSA) is 72.9 Å². The minimum atomic E-state index is -0.936. The predicted molar refractivity (Wildman–Crippen MR) is 80.2 cm³/mol. The van der Waals surface area contributed by atoms with Gasteiger partial charge in [0, 0.05) is 24.7 Å². The van der Waals surface area contributed by atoms with E-state index in [9.17, 15) is 9.59 Å². The van der Waals surface area contributed by atoms with E-state index in [1.54, 1.807) is 0 Å². The first-order valence-corrected chi connectivity index (χ1v) is 7.96. The van der Waals surface area contributed by atoms with Crippen molar-refractivity contribution in [2.24, 2.45) is 0 Å². The number of nitrogens with zero attached hydrogens (tertiary/aromatic N) is 2. The summed E-state index contributed by atoms with van der Waals surface area (Å²) in [7, 11) is 2.10. The van der Waals surface area contributed by atoms with Crippen molar-refractivity contribution >= 4 is 12.0 Å². The second-order valence-electron chi connectivity index (χ2n) is 6.46. The standard InChI is InChI=1S/C15H27N3O3/c1-11-9-12(7-8-17(11)2)16-15(21)18(10-14(19)20)13-5-3-4-6-13/h11-13H,3-10H2,1-2H3,(H,16,21)(H,19,20). The normalized spacial score (nSPS) is 27.5. The van der Waals surface area contributed by atoms with Crippen molar-refractivity contribution in [2.45, 2.75) is 63.6 Å². The van der Waals surface area contributed by atoms with Gasteiger partial charge in [-0.15, -0.1) is 0 Å². The Morgan fingerprint density at radius 1 is 1.29 bits per heavy atom. The molecule has 2 amide bonds. The Balaban J connectivity index is 1.93. The summed E-state index contributed by atoms with van der Waals surface area (Å²) in [6.07, 6.45) is 5.86. The maximum atomic E-state index is 12.5. The fourth-order valence-corrected chi connectivity index (χ4v) is 3.41. The number of carboxylic acids is 1. The van der Waals surface area contributed by atoms with Crippen LogP contribution < -0.4 is 5.32 Å². The molecule has 6 heteroatoms. The van der Waals surface area contributed by atoms with Crippen LogP contribution in [0.4, 0.5) is 4.79 Å². The molecule has 0 bridgehead atoms. The van der Waals surface area contributed by atoms with E-state index in [0.717, 1.165) is 45.1 Å². The molecule has 1 saturated carbocycles. The Hall–Kier alpha value is -1.30. The lowest BCUT2D eigenvalue weighted by Crippen LogP contribution is -2.53. The molecule has 1 heterocycles. The molecule has 0 radical (unpaired) electrons. The number of carbonyl (C=O) groups excluding carboxylic acids is 1. The van der Waals surface area contributed by atoms with Gasteiger partial charge in [-0.2, -0.15) is 0 Å². The number of rotatable bonds is 4. The van der Waals surface area contributed by atoms with Crippen LogP contribution in [0.1, 0.15) is 45.4 Å². The number of nitrogens with one attached hydrogen (secondary N) is 1. The molecule has 1 aliphatic carbocycles. The molecule has 2 fully saturated rings. The molecule has 120 valence electrons. The molecule has 1 saturated heterocycles. The first-order valence-electron chi connectivity index (χ1n) is 7.96. The fourth-order valence-electron chi connectivity index (χ4n) is 3.41. The molecule has 0 aromatic carbocycles. The highest BCUT2D eigenvalue weighted by Gasteiger charge is 2.31. The molecule has 2 rings (SSSR count). The summed E-state index contributed by atoms with van der Waals surface area (Å²) in [4.78, 5) is 27.3. The van der Waals surface area contributed by atoms with E-state index in [0.29, 0.717) is 6.04 Å². The molecule has 0 spiro atoms. The number of hydrogen-bond donors (Lipinski definition) is 2. The van der Waals surface area contributed by atoms with E-state index >= 15 is 0 Å². The first-order chi connectivity index (χ1) is 9.97. The van der Waals surface area contributed by atoms with Crippen molar-refractivity contribution in [3.63, 3.8) is 0 Å². The van der Waals surface area contributed by atoms with Crippen molar-refractivity contribution < 1.29 is 14.7 Å². The van der Waals surface area contributed by atoms with Crippen LogP contribution in [0.3, 0.4) is 0 Å². The number of carboxylic acid groups (broad SMARTS) is 1. The van der Waals surface area contributed by atoms with Gasteiger partial charge in [-0.25, -0.2) is 4.79 Å². The zero-order valence-electron chi connectivity index (χ0n) is 13.0. The van der Waals surface area contributed by atoms with E-state index in [1.165, 1.54) is 4.90 Å². The maximum absolute atomic E-state index is 12.5. The Kier molecular flexibility index (Phi) is 5.45. The van der Waals surface area contributed by atoms with Crippen LogP contribution in [-0.2, 0) is 4.79 Å². The maximum Gasteiger partial charge on any atom is 0.323 e. The zero-order chi connectivity index (χ0) is 15.4. The van der Waals surface area contributed by atoms with Crippen molar-refractivity contribution in [3.8, 4) is 0 Å². The van der Waals surface area contributed by atoms with E-state index in [1.807, 2.05) is 0 Å². The van der Waals surface area contributed by atoms with Crippen LogP contribution >= 0.6 is 0 Å². The first kappa shape index (κ1) is 16.1. The summed E-state index contributed by atoms with van der Waals surface area (Å²) in [6, 6.07) is 0.487. The second-order valence-corrected chi connectivity index (χ2v) is 6.46. The van der Waals surface area contributed by atoms with Crippen molar-refractivity contribution in [3.05, 3.63) is 0 Å². The highest BCUT2D eigenvalue weighted by Crippen LogP contribution is 2.24. The van der Waals surface area contributed by atoms with Gasteiger partial charge in [-0.1, -0.05) is 12.8 Å². The third-order valence-electron chi connectivity index (χ3n) is 4.87. The molecule has 21 heavy (non-hydrogen) atoms. The van der Waals surface area contributed by atoms with E-state index < -0.39 is 5.97 Å². The van der Waals surface area contributed by atoms with Crippen LogP contribution in [-0.4, -0.2) is 65.2 Å². The minimum absolute atomic E-state index is 0.0878. The van der Waals surface area contributed by atoms with Gasteiger partial charge in [-0.05, 0) is 39.7 Å². The van der Waals surface area contributed by atoms with Gasteiger partial charge in [0.15, 0.2) is 0 Å². The summed E-state index contributed by atoms with van der Waals surface area (Å²) in [5.74, 6) is -0.936. The Morgan fingerprint density at radius 3 is 2.52 bits per heavy atom. The monoisotopic (exact) mass is 297 g/mol. The number of aliphatic carboxylic acids is 1. The number of amides is 2. The summed E-state index contributed by atoms with van der Waals surface area (Å²) in [5, 5.41) is 12.1. The molecular weight excluding hydrogens is 270 g/mol. The van der Waals surface area contributed by atoms with Gasteiger partial charge in [0.2, 0.25) is 0 Å². The molecule has 0 aromatic heterocycles. The Bertz CT molecular complexity index is 382. The molecular formula is C15H27N3O3. The van der Waals surface area contributed by atoms with Crippen LogP contribution in [0, 0.1) is 0 Å². The van der Waals surface area contributed by atoms with Gasteiger partial charge in [-0.3, -0.25) is 4.79 Å². The number of carbonyl (C=O) groups is 2. The molecule has 1 aliphatic heterocycles. The lowest BCUT2D eigenvalue weighted by atomic mass is 9.99. The average Bonchev–Trinajstić information content (AvgIpc) is 2.93. The van der Waals surface area contributed by atoms with Crippen LogP contribution in [0.2, 0.25) is 0 Å². The van der Waals surface area contributed by atoms with Crippen LogP contribution in [0.5, 0.6) is 0 Å². The van der Waals surface area contributed by atoms with Crippen molar-refractivity contribution in [1.82, 2.24) is 15.1 Å². The average molecular weight is 297 g/mol. The van der Waals surface area contributed by atoms with Crippen molar-refractivity contribution in [1.29, 1.82) is 0 Å². The number of urea groups is 1. The number of likely N-dealkylation sites (tertiary alicyclic amines) is 1. The highest BCUT2D eigenvalue weighted by molar-refractivity contribution is 5.80. The largest absolute Gasteiger partial charge is 0.480 e. The van der Waals surface area contributed by atoms with E-state index in [2.05, 4.69) is 24.2 Å². The fraction of sp³-hybridized carbons (Fsp3) is 0.867. The Labute approximate surface area is 126 Å². The van der Waals surface area contributed by atoms with E-state index in [-0.39, 0.29) is 24.7 Å². The lowest BCUT2D eigenvalue weighted by molar-refractivity contribution is -0.138. The van der Waals surface area contributed by atoms with Gasteiger partial charge in [0.25, 0.3) is 0 Å².